The SMILES string of the molecule is Cc1ccc(N)cc1C(=O)NCC1CCCCCCC1.Cl. The maximum atomic E-state index is 12.2. The normalized spacial score (nSPS) is 16.4. The van der Waals surface area contributed by atoms with Crippen molar-refractivity contribution >= 4 is 24.0 Å². The molecule has 1 aliphatic carbocycles. The fourth-order valence-electron chi connectivity index (χ4n) is 2.96. The number of nitrogen functional groups attached to an aromatic ring is 1. The van der Waals surface area contributed by atoms with Crippen LogP contribution in [-0.2, 0) is 0 Å². The molecule has 0 atom stereocenters. The zero-order chi connectivity index (χ0) is 14.4. The zero-order valence-corrected chi connectivity index (χ0v) is 13.7. The Morgan fingerprint density at radius 3 is 2.48 bits per heavy atom. The van der Waals surface area contributed by atoms with Crippen molar-refractivity contribution in [3.63, 3.8) is 0 Å². The van der Waals surface area contributed by atoms with Gasteiger partial charge in [-0.25, -0.2) is 0 Å². The van der Waals surface area contributed by atoms with E-state index in [1.165, 1.54) is 44.9 Å². The molecule has 0 bridgehead atoms. The van der Waals surface area contributed by atoms with Crippen LogP contribution in [0.25, 0.3) is 0 Å². The van der Waals surface area contributed by atoms with Crippen LogP contribution >= 0.6 is 12.4 Å². The third-order valence-electron chi connectivity index (χ3n) is 4.28. The summed E-state index contributed by atoms with van der Waals surface area (Å²) in [4.78, 5) is 12.2. The average molecular weight is 311 g/mol. The molecule has 1 saturated carbocycles. The summed E-state index contributed by atoms with van der Waals surface area (Å²) >= 11 is 0. The Labute approximate surface area is 134 Å². The summed E-state index contributed by atoms with van der Waals surface area (Å²) in [6, 6.07) is 5.50. The van der Waals surface area contributed by atoms with E-state index < -0.39 is 0 Å². The molecule has 0 saturated heterocycles. The van der Waals surface area contributed by atoms with E-state index in [9.17, 15) is 4.79 Å². The monoisotopic (exact) mass is 310 g/mol. The molecular weight excluding hydrogens is 284 g/mol. The van der Waals surface area contributed by atoms with Crippen molar-refractivity contribution < 1.29 is 4.79 Å². The van der Waals surface area contributed by atoms with Crippen molar-refractivity contribution in [1.29, 1.82) is 0 Å². The maximum absolute atomic E-state index is 12.2. The van der Waals surface area contributed by atoms with E-state index in [1.54, 1.807) is 6.07 Å². The Morgan fingerprint density at radius 1 is 1.19 bits per heavy atom. The van der Waals surface area contributed by atoms with E-state index in [0.717, 1.165) is 12.1 Å². The molecule has 0 spiro atoms. The van der Waals surface area contributed by atoms with E-state index in [2.05, 4.69) is 5.32 Å². The molecule has 0 aromatic heterocycles. The smallest absolute Gasteiger partial charge is 0.251 e. The predicted molar refractivity (Wildman–Crippen MR) is 91.0 cm³/mol. The molecule has 0 heterocycles. The van der Waals surface area contributed by atoms with Crippen LogP contribution in [0.5, 0.6) is 0 Å². The van der Waals surface area contributed by atoms with Gasteiger partial charge in [-0.15, -0.1) is 12.4 Å². The van der Waals surface area contributed by atoms with E-state index in [0.29, 0.717) is 17.2 Å². The van der Waals surface area contributed by atoms with Gasteiger partial charge >= 0.3 is 0 Å². The van der Waals surface area contributed by atoms with Crippen LogP contribution in [0.4, 0.5) is 5.69 Å². The molecule has 0 radical (unpaired) electrons. The Morgan fingerprint density at radius 2 is 1.81 bits per heavy atom. The molecule has 2 rings (SSSR count). The number of hydrogen-bond acceptors (Lipinski definition) is 2. The second-order valence-electron chi connectivity index (χ2n) is 6.00. The third kappa shape index (κ3) is 5.58. The number of hydrogen-bond donors (Lipinski definition) is 2. The van der Waals surface area contributed by atoms with Crippen LogP contribution in [0.1, 0.15) is 60.9 Å². The van der Waals surface area contributed by atoms with Gasteiger partial charge in [0.2, 0.25) is 0 Å². The Balaban J connectivity index is 0.00000220. The van der Waals surface area contributed by atoms with E-state index in [1.807, 2.05) is 19.1 Å². The minimum atomic E-state index is 0. The van der Waals surface area contributed by atoms with Crippen molar-refractivity contribution in [2.45, 2.75) is 51.9 Å². The number of amides is 1. The van der Waals surface area contributed by atoms with Crippen LogP contribution in [0.2, 0.25) is 0 Å². The van der Waals surface area contributed by atoms with Gasteiger partial charge in [0.25, 0.3) is 5.91 Å². The standard InChI is InChI=1S/C17H26N2O.ClH/c1-13-9-10-15(18)11-16(13)17(20)19-12-14-7-5-3-2-4-6-8-14;/h9-11,14H,2-8,12,18H2,1H3,(H,19,20);1H. The lowest BCUT2D eigenvalue weighted by Gasteiger charge is -2.20. The molecule has 1 aliphatic rings. The molecule has 0 aliphatic heterocycles. The minimum absolute atomic E-state index is 0. The fourth-order valence-corrected chi connectivity index (χ4v) is 2.96. The van der Waals surface area contributed by atoms with E-state index >= 15 is 0 Å². The number of halogens is 1. The largest absolute Gasteiger partial charge is 0.399 e. The van der Waals surface area contributed by atoms with Gasteiger partial charge in [0.05, 0.1) is 0 Å². The number of anilines is 1. The summed E-state index contributed by atoms with van der Waals surface area (Å²) in [6.45, 7) is 2.75. The lowest BCUT2D eigenvalue weighted by atomic mass is 9.91. The maximum Gasteiger partial charge on any atom is 0.251 e. The highest BCUT2D eigenvalue weighted by molar-refractivity contribution is 5.96. The number of carbonyl (C=O) groups is 1. The van der Waals surface area contributed by atoms with Gasteiger partial charge in [0, 0.05) is 17.8 Å². The summed E-state index contributed by atoms with van der Waals surface area (Å²) in [5.74, 6) is 0.650. The molecule has 21 heavy (non-hydrogen) atoms. The second-order valence-corrected chi connectivity index (χ2v) is 6.00. The van der Waals surface area contributed by atoms with E-state index in [4.69, 9.17) is 5.73 Å². The molecule has 0 unspecified atom stereocenters. The molecular formula is C17H27ClN2O. The van der Waals surface area contributed by atoms with Gasteiger partial charge in [0.15, 0.2) is 0 Å². The highest BCUT2D eigenvalue weighted by Crippen LogP contribution is 2.22. The summed E-state index contributed by atoms with van der Waals surface area (Å²) in [6.07, 6.45) is 9.17. The number of benzene rings is 1. The summed E-state index contributed by atoms with van der Waals surface area (Å²) in [7, 11) is 0. The van der Waals surface area contributed by atoms with Crippen molar-refractivity contribution in [1.82, 2.24) is 5.32 Å². The van der Waals surface area contributed by atoms with Crippen LogP contribution < -0.4 is 11.1 Å². The Hall–Kier alpha value is -1.22. The zero-order valence-electron chi connectivity index (χ0n) is 12.9. The van der Waals surface area contributed by atoms with Crippen LogP contribution in [-0.4, -0.2) is 12.5 Å². The van der Waals surface area contributed by atoms with Gasteiger partial charge in [-0.05, 0) is 43.4 Å². The van der Waals surface area contributed by atoms with Crippen molar-refractivity contribution in [2.75, 3.05) is 12.3 Å². The minimum Gasteiger partial charge on any atom is -0.399 e. The van der Waals surface area contributed by atoms with Crippen molar-refractivity contribution in [3.05, 3.63) is 29.3 Å². The van der Waals surface area contributed by atoms with Gasteiger partial charge < -0.3 is 11.1 Å². The Bertz CT molecular complexity index is 454. The molecule has 3 N–H and O–H groups in total. The first-order valence-electron chi connectivity index (χ1n) is 7.81. The fraction of sp³-hybridized carbons (Fsp3) is 0.588. The van der Waals surface area contributed by atoms with Gasteiger partial charge in [-0.1, -0.05) is 38.2 Å². The first-order valence-corrected chi connectivity index (χ1v) is 7.81. The first kappa shape index (κ1) is 17.8. The van der Waals surface area contributed by atoms with Crippen molar-refractivity contribution in [2.24, 2.45) is 5.92 Å². The number of rotatable bonds is 3. The highest BCUT2D eigenvalue weighted by Gasteiger charge is 2.14. The molecule has 4 heteroatoms. The number of aryl methyl sites for hydroxylation is 1. The first-order chi connectivity index (χ1) is 9.66. The lowest BCUT2D eigenvalue weighted by Crippen LogP contribution is -2.30. The molecule has 3 nitrogen and oxygen atoms in total. The highest BCUT2D eigenvalue weighted by atomic mass is 35.5. The summed E-state index contributed by atoms with van der Waals surface area (Å²) in [5.41, 5.74) is 8.09. The van der Waals surface area contributed by atoms with Gasteiger partial charge in [0.1, 0.15) is 0 Å². The second kappa shape index (κ2) is 8.93. The van der Waals surface area contributed by atoms with Gasteiger partial charge in [-0.3, -0.25) is 4.79 Å². The van der Waals surface area contributed by atoms with Crippen LogP contribution in [0.15, 0.2) is 18.2 Å². The topological polar surface area (TPSA) is 55.1 Å². The quantitative estimate of drug-likeness (QED) is 0.826. The lowest BCUT2D eigenvalue weighted by molar-refractivity contribution is 0.0944. The molecule has 1 aromatic carbocycles. The molecule has 1 amide bonds. The third-order valence-corrected chi connectivity index (χ3v) is 4.28. The number of nitrogens with one attached hydrogen (secondary N) is 1. The molecule has 1 fully saturated rings. The summed E-state index contributed by atoms with van der Waals surface area (Å²) < 4.78 is 0. The predicted octanol–water partition coefficient (Wildman–Crippen LogP) is 4.09. The number of nitrogens with two attached hydrogens (primary N) is 1. The Kier molecular flexibility index (Phi) is 7.58. The van der Waals surface area contributed by atoms with E-state index in [-0.39, 0.29) is 18.3 Å². The summed E-state index contributed by atoms with van der Waals surface area (Å²) in [5, 5.41) is 3.09. The molecule has 118 valence electrons. The average Bonchev–Trinajstić information content (AvgIpc) is 2.40. The molecule has 1 aromatic rings. The van der Waals surface area contributed by atoms with Gasteiger partial charge in [-0.2, -0.15) is 0 Å². The van der Waals surface area contributed by atoms with Crippen LogP contribution in [0.3, 0.4) is 0 Å². The number of carbonyl (C=O) groups excluding carboxylic acids is 1. The van der Waals surface area contributed by atoms with Crippen molar-refractivity contribution in [3.8, 4) is 0 Å². The van der Waals surface area contributed by atoms with Crippen LogP contribution in [0, 0.1) is 12.8 Å².